The summed E-state index contributed by atoms with van der Waals surface area (Å²) in [4.78, 5) is 24.0. The van der Waals surface area contributed by atoms with Crippen molar-refractivity contribution >= 4 is 23.7 Å². The lowest BCUT2D eigenvalue weighted by atomic mass is 10.2. The Morgan fingerprint density at radius 3 is 2.50 bits per heavy atom. The Hall–Kier alpha value is -4.13. The number of hydrogen-bond donors (Lipinski definition) is 2. The highest BCUT2D eigenvalue weighted by molar-refractivity contribution is 6.39. The van der Waals surface area contributed by atoms with Crippen LogP contribution >= 0.6 is 0 Å². The van der Waals surface area contributed by atoms with Crippen LogP contribution in [0.15, 0.2) is 84.0 Å². The van der Waals surface area contributed by atoms with Crippen LogP contribution in [-0.2, 0) is 16.2 Å². The van der Waals surface area contributed by atoms with Crippen LogP contribution in [-0.4, -0.2) is 25.1 Å². The van der Waals surface area contributed by atoms with Crippen LogP contribution in [0.2, 0.25) is 0 Å². The fraction of sp³-hybridized carbons (Fsp3) is 0.0870. The molecule has 7 nitrogen and oxygen atoms in total. The molecule has 0 radical (unpaired) electrons. The molecule has 0 bridgehead atoms. The maximum absolute atomic E-state index is 12.0. The molecule has 30 heavy (non-hydrogen) atoms. The molecule has 0 aliphatic carbocycles. The van der Waals surface area contributed by atoms with E-state index in [0.717, 1.165) is 5.56 Å². The summed E-state index contributed by atoms with van der Waals surface area (Å²) >= 11 is 0. The van der Waals surface area contributed by atoms with Gasteiger partial charge in [0.05, 0.1) is 19.0 Å². The molecule has 0 aliphatic rings. The van der Waals surface area contributed by atoms with Crippen molar-refractivity contribution in [2.45, 2.75) is 6.61 Å². The third-order valence-corrected chi connectivity index (χ3v) is 4.05. The maximum atomic E-state index is 12.0. The molecule has 0 fully saturated rings. The number of amides is 2. The van der Waals surface area contributed by atoms with E-state index in [2.05, 4.69) is 15.8 Å². The molecule has 0 saturated carbocycles. The lowest BCUT2D eigenvalue weighted by molar-refractivity contribution is -0.136. The minimum atomic E-state index is -0.895. The van der Waals surface area contributed by atoms with E-state index in [-0.39, 0.29) is 0 Å². The van der Waals surface area contributed by atoms with Gasteiger partial charge in [0.2, 0.25) is 0 Å². The number of anilines is 1. The van der Waals surface area contributed by atoms with E-state index in [1.807, 2.05) is 42.5 Å². The van der Waals surface area contributed by atoms with Gasteiger partial charge in [-0.05, 0) is 35.4 Å². The predicted octanol–water partition coefficient (Wildman–Crippen LogP) is 3.36. The van der Waals surface area contributed by atoms with Crippen LogP contribution < -0.4 is 20.2 Å². The van der Waals surface area contributed by atoms with Gasteiger partial charge in [-0.2, -0.15) is 5.10 Å². The Balaban J connectivity index is 1.53. The summed E-state index contributed by atoms with van der Waals surface area (Å²) in [5, 5.41) is 6.32. The smallest absolute Gasteiger partial charge is 0.329 e. The number of rotatable bonds is 7. The first kappa shape index (κ1) is 20.6. The van der Waals surface area contributed by atoms with Crippen molar-refractivity contribution in [3.05, 3.63) is 90.0 Å². The molecular formula is C23H21N3O4. The van der Waals surface area contributed by atoms with Crippen LogP contribution in [0.4, 0.5) is 5.69 Å². The summed E-state index contributed by atoms with van der Waals surface area (Å²) in [6.07, 6.45) is 1.43. The number of nitrogens with zero attached hydrogens (tertiary/aromatic N) is 1. The molecule has 2 amide bonds. The summed E-state index contributed by atoms with van der Waals surface area (Å²) in [7, 11) is 1.48. The third-order valence-electron chi connectivity index (χ3n) is 4.05. The van der Waals surface area contributed by atoms with Crippen molar-refractivity contribution in [2.24, 2.45) is 5.10 Å². The van der Waals surface area contributed by atoms with Crippen LogP contribution in [0.3, 0.4) is 0 Å². The van der Waals surface area contributed by atoms with E-state index >= 15 is 0 Å². The third kappa shape index (κ3) is 5.93. The first-order valence-electron chi connectivity index (χ1n) is 9.20. The summed E-state index contributed by atoms with van der Waals surface area (Å²) in [6, 6.07) is 23.9. The van der Waals surface area contributed by atoms with Crippen molar-refractivity contribution in [1.29, 1.82) is 0 Å². The number of hydrazone groups is 1. The SMILES string of the molecule is COc1ccccc1NC(=O)C(=O)NN=Cc1cccc(OCc2ccccc2)c1. The van der Waals surface area contributed by atoms with E-state index in [1.165, 1.54) is 13.3 Å². The van der Waals surface area contributed by atoms with Crippen LogP contribution in [0.25, 0.3) is 0 Å². The maximum Gasteiger partial charge on any atom is 0.329 e. The lowest BCUT2D eigenvalue weighted by Gasteiger charge is -2.08. The molecule has 0 heterocycles. The lowest BCUT2D eigenvalue weighted by Crippen LogP contribution is -2.32. The highest BCUT2D eigenvalue weighted by Gasteiger charge is 2.14. The molecule has 0 spiro atoms. The van der Waals surface area contributed by atoms with Gasteiger partial charge in [0.25, 0.3) is 0 Å². The Bertz CT molecular complexity index is 1040. The van der Waals surface area contributed by atoms with Crippen molar-refractivity contribution in [2.75, 3.05) is 12.4 Å². The average Bonchev–Trinajstić information content (AvgIpc) is 2.79. The van der Waals surface area contributed by atoms with E-state index < -0.39 is 11.8 Å². The molecular weight excluding hydrogens is 382 g/mol. The van der Waals surface area contributed by atoms with Crippen molar-refractivity contribution < 1.29 is 19.1 Å². The molecule has 152 valence electrons. The number of nitrogens with one attached hydrogen (secondary N) is 2. The fourth-order valence-electron chi connectivity index (χ4n) is 2.57. The van der Waals surface area contributed by atoms with E-state index in [9.17, 15) is 9.59 Å². The second-order valence-corrected chi connectivity index (χ2v) is 6.20. The fourth-order valence-corrected chi connectivity index (χ4v) is 2.57. The highest BCUT2D eigenvalue weighted by Crippen LogP contribution is 2.22. The monoisotopic (exact) mass is 403 g/mol. The summed E-state index contributed by atoms with van der Waals surface area (Å²) < 4.78 is 10.9. The number of carbonyl (C=O) groups is 2. The van der Waals surface area contributed by atoms with Crippen molar-refractivity contribution in [3.63, 3.8) is 0 Å². The molecule has 0 aromatic heterocycles. The molecule has 0 aliphatic heterocycles. The molecule has 0 unspecified atom stereocenters. The first-order valence-corrected chi connectivity index (χ1v) is 9.20. The molecule has 2 N–H and O–H groups in total. The van der Waals surface area contributed by atoms with Gasteiger partial charge in [0.1, 0.15) is 18.1 Å². The molecule has 3 aromatic carbocycles. The van der Waals surface area contributed by atoms with Gasteiger partial charge in [0.15, 0.2) is 0 Å². The molecule has 0 saturated heterocycles. The van der Waals surface area contributed by atoms with E-state index in [0.29, 0.717) is 29.4 Å². The zero-order valence-corrected chi connectivity index (χ0v) is 16.4. The van der Waals surface area contributed by atoms with Crippen LogP contribution in [0.1, 0.15) is 11.1 Å². The predicted molar refractivity (Wildman–Crippen MR) is 115 cm³/mol. The highest BCUT2D eigenvalue weighted by atomic mass is 16.5. The number of para-hydroxylation sites is 2. The van der Waals surface area contributed by atoms with Gasteiger partial charge in [-0.15, -0.1) is 0 Å². The summed E-state index contributed by atoms with van der Waals surface area (Å²) in [6.45, 7) is 0.446. The number of methoxy groups -OCH3 is 1. The van der Waals surface area contributed by atoms with Gasteiger partial charge in [-0.25, -0.2) is 5.43 Å². The molecule has 3 rings (SSSR count). The van der Waals surface area contributed by atoms with Gasteiger partial charge in [-0.1, -0.05) is 54.6 Å². The largest absolute Gasteiger partial charge is 0.495 e. The topological polar surface area (TPSA) is 89.0 Å². The standard InChI is InChI=1S/C23H21N3O4/c1-29-21-13-6-5-12-20(21)25-22(27)23(28)26-24-15-18-10-7-11-19(14-18)30-16-17-8-3-2-4-9-17/h2-15H,16H2,1H3,(H,25,27)(H,26,28). The zero-order chi connectivity index (χ0) is 21.2. The van der Waals surface area contributed by atoms with Gasteiger partial charge >= 0.3 is 11.8 Å². The summed E-state index contributed by atoms with van der Waals surface area (Å²) in [5.41, 5.74) is 4.37. The van der Waals surface area contributed by atoms with Crippen LogP contribution in [0, 0.1) is 0 Å². The minimum absolute atomic E-state index is 0.396. The van der Waals surface area contributed by atoms with Gasteiger partial charge < -0.3 is 14.8 Å². The second-order valence-electron chi connectivity index (χ2n) is 6.20. The Labute approximate surface area is 174 Å². The first-order chi connectivity index (χ1) is 14.7. The van der Waals surface area contributed by atoms with E-state index in [4.69, 9.17) is 9.47 Å². The average molecular weight is 403 g/mol. The normalized spacial score (nSPS) is 10.4. The minimum Gasteiger partial charge on any atom is -0.495 e. The number of ether oxygens (including phenoxy) is 2. The molecule has 3 aromatic rings. The van der Waals surface area contributed by atoms with Gasteiger partial charge in [0, 0.05) is 0 Å². The zero-order valence-electron chi connectivity index (χ0n) is 16.4. The Morgan fingerprint density at radius 1 is 0.933 bits per heavy atom. The van der Waals surface area contributed by atoms with Crippen molar-refractivity contribution in [3.8, 4) is 11.5 Å². The van der Waals surface area contributed by atoms with E-state index in [1.54, 1.807) is 36.4 Å². The summed E-state index contributed by atoms with van der Waals surface area (Å²) in [5.74, 6) is -0.622. The quantitative estimate of drug-likeness (QED) is 0.360. The number of benzene rings is 3. The Kier molecular flexibility index (Phi) is 7.16. The number of hydrogen-bond acceptors (Lipinski definition) is 5. The number of carbonyl (C=O) groups excluding carboxylic acids is 2. The second kappa shape index (κ2) is 10.4. The molecule has 0 atom stereocenters. The molecule has 7 heteroatoms. The Morgan fingerprint density at radius 2 is 1.70 bits per heavy atom. The van der Waals surface area contributed by atoms with Crippen molar-refractivity contribution in [1.82, 2.24) is 5.43 Å². The van der Waals surface area contributed by atoms with Gasteiger partial charge in [-0.3, -0.25) is 9.59 Å². The van der Waals surface area contributed by atoms with Crippen LogP contribution in [0.5, 0.6) is 11.5 Å².